The third-order valence-electron chi connectivity index (χ3n) is 2.89. The Bertz CT molecular complexity index is 602. The first kappa shape index (κ1) is 14.3. The maximum Gasteiger partial charge on any atom is 0.160 e. The predicted molar refractivity (Wildman–Crippen MR) is 71.6 cm³/mol. The summed E-state index contributed by atoms with van der Waals surface area (Å²) in [5.74, 6) is -1.23. The second-order valence-electron chi connectivity index (χ2n) is 4.36. The Morgan fingerprint density at radius 2 is 1.65 bits per heavy atom. The Kier molecular flexibility index (Phi) is 4.53. The van der Waals surface area contributed by atoms with Gasteiger partial charge in [0.25, 0.3) is 0 Å². The average molecular weight is 279 g/mol. The van der Waals surface area contributed by atoms with Gasteiger partial charge in [-0.2, -0.15) is 0 Å². The number of hydrogen-bond acceptors (Lipinski definition) is 3. The van der Waals surface area contributed by atoms with Gasteiger partial charge in [0.1, 0.15) is 0 Å². The van der Waals surface area contributed by atoms with Crippen LogP contribution in [0.15, 0.2) is 36.4 Å². The van der Waals surface area contributed by atoms with Crippen molar-refractivity contribution in [2.24, 2.45) is 0 Å². The summed E-state index contributed by atoms with van der Waals surface area (Å²) < 4.78 is 30.7. The third-order valence-corrected chi connectivity index (χ3v) is 2.89. The van der Waals surface area contributed by atoms with Crippen molar-refractivity contribution in [1.29, 1.82) is 0 Å². The van der Waals surface area contributed by atoms with Crippen LogP contribution in [0, 0.1) is 11.6 Å². The molecule has 0 aliphatic rings. The molecular weight excluding hydrogens is 264 g/mol. The van der Waals surface area contributed by atoms with Gasteiger partial charge in [-0.1, -0.05) is 12.1 Å². The van der Waals surface area contributed by atoms with Crippen molar-refractivity contribution in [3.63, 3.8) is 0 Å². The molecular formula is C15H15F2NO2. The van der Waals surface area contributed by atoms with E-state index in [-0.39, 0.29) is 5.75 Å². The van der Waals surface area contributed by atoms with Crippen LogP contribution in [0.25, 0.3) is 0 Å². The lowest BCUT2D eigenvalue weighted by Gasteiger charge is -2.08. The van der Waals surface area contributed by atoms with Gasteiger partial charge in [-0.3, -0.25) is 0 Å². The Morgan fingerprint density at radius 1 is 1.00 bits per heavy atom. The molecule has 0 unspecified atom stereocenters. The molecule has 20 heavy (non-hydrogen) atoms. The zero-order valence-electron chi connectivity index (χ0n) is 11.0. The van der Waals surface area contributed by atoms with E-state index in [9.17, 15) is 13.9 Å². The molecule has 0 radical (unpaired) electrons. The summed E-state index contributed by atoms with van der Waals surface area (Å²) in [6, 6.07) is 8.87. The van der Waals surface area contributed by atoms with E-state index in [1.807, 2.05) is 6.07 Å². The van der Waals surface area contributed by atoms with Crippen LogP contribution in [-0.2, 0) is 13.1 Å². The van der Waals surface area contributed by atoms with Crippen molar-refractivity contribution < 1.29 is 18.6 Å². The minimum atomic E-state index is -0.855. The van der Waals surface area contributed by atoms with Crippen LogP contribution in [0.4, 0.5) is 8.78 Å². The molecule has 0 atom stereocenters. The predicted octanol–water partition coefficient (Wildman–Crippen LogP) is 2.97. The fraction of sp³-hybridized carbons (Fsp3) is 0.200. The monoisotopic (exact) mass is 279 g/mol. The van der Waals surface area contributed by atoms with Gasteiger partial charge in [-0.15, -0.1) is 0 Å². The van der Waals surface area contributed by atoms with Gasteiger partial charge in [0.05, 0.1) is 7.11 Å². The van der Waals surface area contributed by atoms with Crippen LogP contribution in [0.2, 0.25) is 0 Å². The highest BCUT2D eigenvalue weighted by Crippen LogP contribution is 2.26. The van der Waals surface area contributed by atoms with Crippen LogP contribution in [-0.4, -0.2) is 12.2 Å². The zero-order chi connectivity index (χ0) is 14.5. The first-order valence-electron chi connectivity index (χ1n) is 6.10. The van der Waals surface area contributed by atoms with Gasteiger partial charge in [-0.05, 0) is 35.4 Å². The average Bonchev–Trinajstić information content (AvgIpc) is 2.43. The zero-order valence-corrected chi connectivity index (χ0v) is 11.0. The molecule has 2 aromatic carbocycles. The van der Waals surface area contributed by atoms with Crippen LogP contribution in [0.1, 0.15) is 11.1 Å². The Morgan fingerprint density at radius 3 is 2.25 bits per heavy atom. The molecule has 0 spiro atoms. The molecule has 2 rings (SSSR count). The number of aromatic hydroxyl groups is 1. The molecule has 0 amide bonds. The topological polar surface area (TPSA) is 41.5 Å². The quantitative estimate of drug-likeness (QED) is 0.884. The summed E-state index contributed by atoms with van der Waals surface area (Å²) in [6.07, 6.45) is 0. The molecule has 0 saturated carbocycles. The molecule has 0 heterocycles. The number of benzene rings is 2. The maximum absolute atomic E-state index is 13.0. The van der Waals surface area contributed by atoms with Crippen LogP contribution < -0.4 is 10.1 Å². The molecule has 106 valence electrons. The molecule has 0 bridgehead atoms. The number of ether oxygens (including phenoxy) is 1. The standard InChI is InChI=1S/C15H15F2NO2/c1-20-15-5-3-11(7-14(15)19)9-18-8-10-2-4-12(16)13(17)6-10/h2-7,18-19H,8-9H2,1H3. The summed E-state index contributed by atoms with van der Waals surface area (Å²) in [7, 11) is 1.48. The van der Waals surface area contributed by atoms with Crippen molar-refractivity contribution in [2.45, 2.75) is 13.1 Å². The SMILES string of the molecule is COc1ccc(CNCc2ccc(F)c(F)c2)cc1O. The molecule has 0 aliphatic heterocycles. The minimum absolute atomic E-state index is 0.0691. The normalized spacial score (nSPS) is 10.6. The maximum atomic E-state index is 13.0. The Balaban J connectivity index is 1.92. The van der Waals surface area contributed by atoms with Crippen molar-refractivity contribution in [1.82, 2.24) is 5.32 Å². The lowest BCUT2D eigenvalue weighted by atomic mass is 10.2. The van der Waals surface area contributed by atoms with Crippen LogP contribution >= 0.6 is 0 Å². The summed E-state index contributed by atoms with van der Waals surface area (Å²) >= 11 is 0. The first-order chi connectivity index (χ1) is 9.60. The number of methoxy groups -OCH3 is 1. The Labute approximate surface area is 115 Å². The number of hydrogen-bond donors (Lipinski definition) is 2. The minimum Gasteiger partial charge on any atom is -0.504 e. The van der Waals surface area contributed by atoms with E-state index in [2.05, 4.69) is 5.32 Å². The lowest BCUT2D eigenvalue weighted by molar-refractivity contribution is 0.373. The van der Waals surface area contributed by atoms with Gasteiger partial charge < -0.3 is 15.2 Å². The van der Waals surface area contributed by atoms with Gasteiger partial charge in [0.2, 0.25) is 0 Å². The van der Waals surface area contributed by atoms with E-state index in [1.54, 1.807) is 12.1 Å². The number of phenols is 1. The largest absolute Gasteiger partial charge is 0.504 e. The van der Waals surface area contributed by atoms with Crippen molar-refractivity contribution >= 4 is 0 Å². The number of rotatable bonds is 5. The van der Waals surface area contributed by atoms with E-state index in [0.29, 0.717) is 24.4 Å². The fourth-order valence-corrected chi connectivity index (χ4v) is 1.85. The fourth-order valence-electron chi connectivity index (χ4n) is 1.85. The molecule has 5 heteroatoms. The summed E-state index contributed by atoms with van der Waals surface area (Å²) in [6.45, 7) is 0.903. The lowest BCUT2D eigenvalue weighted by Crippen LogP contribution is -2.12. The summed E-state index contributed by atoms with van der Waals surface area (Å²) in [4.78, 5) is 0. The molecule has 0 saturated heterocycles. The van der Waals surface area contributed by atoms with E-state index in [0.717, 1.165) is 17.7 Å². The molecule has 3 nitrogen and oxygen atoms in total. The van der Waals surface area contributed by atoms with Gasteiger partial charge in [0.15, 0.2) is 23.1 Å². The number of nitrogens with one attached hydrogen (secondary N) is 1. The molecule has 0 fully saturated rings. The number of halogens is 2. The van der Waals surface area contributed by atoms with Gasteiger partial charge in [0, 0.05) is 13.1 Å². The van der Waals surface area contributed by atoms with Crippen molar-refractivity contribution in [3.8, 4) is 11.5 Å². The van der Waals surface area contributed by atoms with Crippen molar-refractivity contribution in [2.75, 3.05) is 7.11 Å². The van der Waals surface area contributed by atoms with E-state index in [1.165, 1.54) is 13.2 Å². The highest BCUT2D eigenvalue weighted by atomic mass is 19.2. The molecule has 0 aromatic heterocycles. The van der Waals surface area contributed by atoms with E-state index >= 15 is 0 Å². The Hall–Kier alpha value is -2.14. The highest BCUT2D eigenvalue weighted by Gasteiger charge is 2.04. The van der Waals surface area contributed by atoms with E-state index in [4.69, 9.17) is 4.74 Å². The van der Waals surface area contributed by atoms with Crippen molar-refractivity contribution in [3.05, 3.63) is 59.2 Å². The smallest absolute Gasteiger partial charge is 0.160 e. The van der Waals surface area contributed by atoms with E-state index < -0.39 is 11.6 Å². The van der Waals surface area contributed by atoms with Gasteiger partial charge >= 0.3 is 0 Å². The molecule has 2 N–H and O–H groups in total. The first-order valence-corrected chi connectivity index (χ1v) is 6.10. The summed E-state index contributed by atoms with van der Waals surface area (Å²) in [5, 5.41) is 12.7. The number of phenolic OH excluding ortho intramolecular Hbond substituents is 1. The van der Waals surface area contributed by atoms with Crippen LogP contribution in [0.3, 0.4) is 0 Å². The summed E-state index contributed by atoms with van der Waals surface area (Å²) in [5.41, 5.74) is 1.52. The second-order valence-corrected chi connectivity index (χ2v) is 4.36. The molecule has 2 aromatic rings. The third kappa shape index (κ3) is 3.45. The van der Waals surface area contributed by atoms with Gasteiger partial charge in [-0.25, -0.2) is 8.78 Å². The second kappa shape index (κ2) is 6.34. The highest BCUT2D eigenvalue weighted by molar-refractivity contribution is 5.41. The molecule has 0 aliphatic carbocycles. The van der Waals surface area contributed by atoms with Crippen LogP contribution in [0.5, 0.6) is 11.5 Å².